The summed E-state index contributed by atoms with van der Waals surface area (Å²) in [6.45, 7) is -0.962. The van der Waals surface area contributed by atoms with E-state index in [4.69, 9.17) is 9.47 Å². The van der Waals surface area contributed by atoms with E-state index in [-0.39, 0.29) is 17.0 Å². The van der Waals surface area contributed by atoms with Crippen LogP contribution in [0.5, 0.6) is 0 Å². The molecule has 5 rings (SSSR count). The number of aromatic nitrogens is 4. The molecule has 13 nitrogen and oxygen atoms in total. The van der Waals surface area contributed by atoms with Gasteiger partial charge in [0.15, 0.2) is 34.5 Å². The van der Waals surface area contributed by atoms with Crippen LogP contribution in [0.1, 0.15) is 6.23 Å². The smallest absolute Gasteiger partial charge is 0.195 e. The quantitative estimate of drug-likeness (QED) is 0.236. The molecule has 3 aliphatic rings. The van der Waals surface area contributed by atoms with E-state index < -0.39 is 61.3 Å². The summed E-state index contributed by atoms with van der Waals surface area (Å²) in [5, 5.41) is 63.0. The van der Waals surface area contributed by atoms with Crippen LogP contribution in [0, 0.1) is 0 Å². The first-order valence-corrected chi connectivity index (χ1v) is 9.33. The lowest BCUT2D eigenvalue weighted by atomic mass is 9.76. The van der Waals surface area contributed by atoms with Gasteiger partial charge in [-0.25, -0.2) is 15.0 Å². The van der Waals surface area contributed by atoms with Crippen LogP contribution in [0.4, 0.5) is 5.82 Å². The van der Waals surface area contributed by atoms with Crippen molar-refractivity contribution in [1.29, 1.82) is 0 Å². The molecule has 30 heavy (non-hydrogen) atoms. The summed E-state index contributed by atoms with van der Waals surface area (Å²) in [5.41, 5.74) is -2.80. The molecule has 13 heteroatoms. The molecule has 7 N–H and O–H groups in total. The number of hydrogen-bond donors (Lipinski definition) is 7. The lowest BCUT2D eigenvalue weighted by Gasteiger charge is -2.44. The second-order valence-corrected chi connectivity index (χ2v) is 7.58. The number of rotatable bonds is 5. The summed E-state index contributed by atoms with van der Waals surface area (Å²) in [6, 6.07) is 0. The molecule has 8 atom stereocenters. The van der Waals surface area contributed by atoms with Crippen molar-refractivity contribution in [2.45, 2.75) is 48.1 Å². The number of aliphatic hydroxyl groups excluding tert-OH is 5. The molecule has 2 fully saturated rings. The predicted octanol–water partition coefficient (Wildman–Crippen LogP) is -3.40. The van der Waals surface area contributed by atoms with Gasteiger partial charge in [-0.05, 0) is 12.2 Å². The highest BCUT2D eigenvalue weighted by Gasteiger charge is 2.68. The number of nitrogens with zero attached hydrogens (tertiary/aromatic N) is 4. The van der Waals surface area contributed by atoms with Crippen LogP contribution in [-0.2, 0) is 9.47 Å². The Hall–Kier alpha value is -2.23. The van der Waals surface area contributed by atoms with Crippen molar-refractivity contribution in [1.82, 2.24) is 19.5 Å². The lowest BCUT2D eigenvalue weighted by molar-refractivity contribution is -0.0925. The molecule has 1 unspecified atom stereocenters. The van der Waals surface area contributed by atoms with E-state index >= 15 is 0 Å². The van der Waals surface area contributed by atoms with Gasteiger partial charge in [0, 0.05) is 0 Å². The maximum absolute atomic E-state index is 10.8. The Labute approximate surface area is 168 Å². The van der Waals surface area contributed by atoms with Crippen molar-refractivity contribution in [3.63, 3.8) is 0 Å². The maximum atomic E-state index is 10.8. The second-order valence-electron chi connectivity index (χ2n) is 7.58. The first-order valence-electron chi connectivity index (χ1n) is 9.33. The summed E-state index contributed by atoms with van der Waals surface area (Å²) in [6.07, 6.45) is -1.52. The molecule has 2 saturated heterocycles. The fraction of sp³-hybridized carbons (Fsp3) is 0.588. The summed E-state index contributed by atoms with van der Waals surface area (Å²) >= 11 is 0. The second kappa shape index (κ2) is 6.63. The zero-order valence-corrected chi connectivity index (χ0v) is 15.5. The molecule has 0 bridgehead atoms. The van der Waals surface area contributed by atoms with Crippen LogP contribution in [0.15, 0.2) is 24.8 Å². The summed E-state index contributed by atoms with van der Waals surface area (Å²) < 4.78 is 12.6. The largest absolute Gasteiger partial charge is 0.394 e. The van der Waals surface area contributed by atoms with Crippen LogP contribution >= 0.6 is 0 Å². The van der Waals surface area contributed by atoms with Gasteiger partial charge in [-0.2, -0.15) is 0 Å². The van der Waals surface area contributed by atoms with Crippen molar-refractivity contribution < 1.29 is 40.1 Å². The van der Waals surface area contributed by atoms with Crippen LogP contribution in [0.2, 0.25) is 0 Å². The maximum Gasteiger partial charge on any atom is 0.195 e. The third kappa shape index (κ3) is 2.42. The number of imidazole rings is 1. The monoisotopic (exact) mass is 423 g/mol. The predicted molar refractivity (Wildman–Crippen MR) is 96.7 cm³/mol. The van der Waals surface area contributed by atoms with Crippen molar-refractivity contribution in [2.24, 2.45) is 0 Å². The molecule has 1 aliphatic carbocycles. The van der Waals surface area contributed by atoms with Crippen molar-refractivity contribution in [2.75, 3.05) is 18.5 Å². The topological polar surface area (TPSA) is 195 Å². The number of nitrogens with one attached hydrogen (secondary N) is 1. The Kier molecular flexibility index (Phi) is 4.36. The van der Waals surface area contributed by atoms with Gasteiger partial charge >= 0.3 is 0 Å². The van der Waals surface area contributed by atoms with E-state index in [1.54, 1.807) is 0 Å². The Morgan fingerprint density at radius 3 is 2.43 bits per heavy atom. The van der Waals surface area contributed by atoms with Gasteiger partial charge in [-0.3, -0.25) is 4.57 Å². The van der Waals surface area contributed by atoms with Gasteiger partial charge in [0.05, 0.1) is 19.5 Å². The number of anilines is 1. The van der Waals surface area contributed by atoms with Gasteiger partial charge in [0.25, 0.3) is 0 Å². The van der Waals surface area contributed by atoms with E-state index in [9.17, 15) is 30.6 Å². The molecule has 162 valence electrons. The minimum Gasteiger partial charge on any atom is -0.394 e. The third-order valence-electron chi connectivity index (χ3n) is 5.94. The molecule has 0 spiro atoms. The average molecular weight is 423 g/mol. The summed E-state index contributed by atoms with van der Waals surface area (Å²) in [5.74, 6) is 0.166. The first kappa shape index (κ1) is 19.7. The molecule has 2 aromatic rings. The van der Waals surface area contributed by atoms with Crippen molar-refractivity contribution >= 4 is 17.0 Å². The Morgan fingerprint density at radius 2 is 1.80 bits per heavy atom. The van der Waals surface area contributed by atoms with Crippen molar-refractivity contribution in [3.8, 4) is 0 Å². The van der Waals surface area contributed by atoms with E-state index in [0.29, 0.717) is 0 Å². The summed E-state index contributed by atoms with van der Waals surface area (Å²) in [7, 11) is 0. The summed E-state index contributed by atoms with van der Waals surface area (Å²) in [4.78, 5) is 12.5. The minimum atomic E-state index is -1.77. The molecule has 0 saturated carbocycles. The molecule has 4 heterocycles. The standard InChI is InChI=1S/C17H21N5O8/c23-3-7-10(25)11(26)15(29-7)22-6-20-9-13(18-5-19-14(9)22)21-17-2-1-16(17,28)12(27)8(4-24)30-17/h1-2,5-8,10-12,15,23-28H,3-4H2,(H,18,19,21)/t7-,8-,10-,11-,12-,15-,16-,17?/m1/s1. The highest BCUT2D eigenvalue weighted by atomic mass is 16.6. The zero-order valence-electron chi connectivity index (χ0n) is 15.5. The molecule has 0 amide bonds. The van der Waals surface area contributed by atoms with Gasteiger partial charge in [0.2, 0.25) is 0 Å². The van der Waals surface area contributed by atoms with Gasteiger partial charge < -0.3 is 45.4 Å². The zero-order chi connectivity index (χ0) is 21.3. The Morgan fingerprint density at radius 1 is 1.03 bits per heavy atom. The minimum absolute atomic E-state index is 0.166. The number of hydrogen-bond acceptors (Lipinski definition) is 12. The molecule has 0 aromatic carbocycles. The van der Waals surface area contributed by atoms with Crippen LogP contribution in [-0.4, -0.2) is 105 Å². The Balaban J connectivity index is 1.49. The Bertz CT molecular complexity index is 1000. The van der Waals surface area contributed by atoms with Crippen LogP contribution < -0.4 is 5.32 Å². The molecule has 0 radical (unpaired) electrons. The molecule has 2 aromatic heterocycles. The number of ether oxygens (including phenoxy) is 2. The SMILES string of the molecule is OC[C@H]1O[C@@H](n2cnc3c(NC45C=C[C@@]4(O)[C@H](O)[C@@H](CO)O5)ncnc32)[C@H](O)[C@@H]1O. The van der Waals surface area contributed by atoms with E-state index in [1.165, 1.54) is 29.4 Å². The number of aliphatic hydroxyl groups is 6. The van der Waals surface area contributed by atoms with E-state index in [1.807, 2.05) is 0 Å². The number of fused-ring (bicyclic) bond motifs is 2. The third-order valence-corrected chi connectivity index (χ3v) is 5.94. The molecular formula is C17H21N5O8. The molecule has 2 aliphatic heterocycles. The van der Waals surface area contributed by atoms with Gasteiger partial charge in [0.1, 0.15) is 36.8 Å². The normalized spacial score (nSPS) is 42.5. The van der Waals surface area contributed by atoms with Gasteiger partial charge in [-0.15, -0.1) is 0 Å². The fourth-order valence-electron chi connectivity index (χ4n) is 4.17. The van der Waals surface area contributed by atoms with E-state index in [0.717, 1.165) is 0 Å². The van der Waals surface area contributed by atoms with E-state index in [2.05, 4.69) is 20.3 Å². The van der Waals surface area contributed by atoms with Gasteiger partial charge in [-0.1, -0.05) is 0 Å². The average Bonchev–Trinajstić information content (AvgIpc) is 3.34. The lowest BCUT2D eigenvalue weighted by Crippen LogP contribution is -2.64. The van der Waals surface area contributed by atoms with Crippen LogP contribution in [0.25, 0.3) is 11.2 Å². The highest BCUT2D eigenvalue weighted by molar-refractivity contribution is 5.83. The van der Waals surface area contributed by atoms with Crippen molar-refractivity contribution in [3.05, 3.63) is 24.8 Å². The first-order chi connectivity index (χ1) is 14.3. The highest BCUT2D eigenvalue weighted by Crippen LogP contribution is 2.49. The fourth-order valence-corrected chi connectivity index (χ4v) is 4.17. The molecular weight excluding hydrogens is 402 g/mol. The van der Waals surface area contributed by atoms with Crippen LogP contribution in [0.3, 0.4) is 0 Å².